The quantitative estimate of drug-likeness (QED) is 0.619. The zero-order valence-corrected chi connectivity index (χ0v) is 15.2. The number of carbonyl (C=O) groups is 1. The van der Waals surface area contributed by atoms with Crippen LogP contribution < -0.4 is 10.6 Å². The van der Waals surface area contributed by atoms with Gasteiger partial charge in [0.2, 0.25) is 0 Å². The number of hydrogen-bond acceptors (Lipinski definition) is 2. The molecule has 1 aliphatic heterocycles. The fourth-order valence-electron chi connectivity index (χ4n) is 2.75. The highest BCUT2D eigenvalue weighted by atomic mass is 35.5. The fourth-order valence-corrected chi connectivity index (χ4v) is 3.15. The second-order valence-corrected chi connectivity index (χ2v) is 6.57. The Hall–Kier alpha value is -2.43. The minimum atomic E-state index is -0.266. The molecule has 5 heteroatoms. The maximum atomic E-state index is 12.8. The lowest BCUT2D eigenvalue weighted by molar-refractivity contribution is -0.111. The summed E-state index contributed by atoms with van der Waals surface area (Å²) in [5.74, 6) is -0.0659. The highest BCUT2D eigenvalue weighted by Gasteiger charge is 2.28. The molecule has 1 heterocycles. The maximum Gasteiger partial charge on any atom is 0.186 e. The minimum Gasteiger partial charge on any atom is -0.351 e. The molecule has 0 aromatic heterocycles. The van der Waals surface area contributed by atoms with Crippen LogP contribution in [0.2, 0.25) is 5.02 Å². The number of benzene rings is 2. The molecule has 2 aromatic carbocycles. The van der Waals surface area contributed by atoms with E-state index in [0.717, 1.165) is 16.8 Å². The molecule has 0 fully saturated rings. The number of rotatable bonds is 4. The highest BCUT2D eigenvalue weighted by Crippen LogP contribution is 2.27. The van der Waals surface area contributed by atoms with Crippen molar-refractivity contribution in [2.24, 2.45) is 0 Å². The van der Waals surface area contributed by atoms with Crippen LogP contribution in [0.25, 0.3) is 6.08 Å². The van der Waals surface area contributed by atoms with Gasteiger partial charge in [0.15, 0.2) is 10.9 Å². The predicted molar refractivity (Wildman–Crippen MR) is 106 cm³/mol. The Balaban J connectivity index is 1.91. The van der Waals surface area contributed by atoms with E-state index in [2.05, 4.69) is 10.6 Å². The Morgan fingerprint density at radius 3 is 2.48 bits per heavy atom. The molecular formula is C20H17ClN2OS. The second kappa shape index (κ2) is 7.64. The van der Waals surface area contributed by atoms with Gasteiger partial charge in [0, 0.05) is 16.3 Å². The molecule has 0 radical (unpaired) electrons. The van der Waals surface area contributed by atoms with Crippen LogP contribution in [0, 0.1) is 0 Å². The van der Waals surface area contributed by atoms with Gasteiger partial charge in [0.25, 0.3) is 0 Å². The van der Waals surface area contributed by atoms with Crippen molar-refractivity contribution in [1.82, 2.24) is 10.6 Å². The van der Waals surface area contributed by atoms with Gasteiger partial charge in [-0.25, -0.2) is 0 Å². The van der Waals surface area contributed by atoms with Crippen LogP contribution in [-0.4, -0.2) is 10.9 Å². The first-order valence-electron chi connectivity index (χ1n) is 7.86. The van der Waals surface area contributed by atoms with Crippen molar-refractivity contribution in [1.29, 1.82) is 0 Å². The van der Waals surface area contributed by atoms with Crippen LogP contribution >= 0.6 is 23.8 Å². The fraction of sp³-hybridized carbons (Fsp3) is 0.100. The van der Waals surface area contributed by atoms with Gasteiger partial charge in [0.05, 0.1) is 6.04 Å². The number of carbonyl (C=O) groups excluding carboxylic acids is 1. The van der Waals surface area contributed by atoms with Crippen LogP contribution in [0.5, 0.6) is 0 Å². The Labute approximate surface area is 157 Å². The van der Waals surface area contributed by atoms with Crippen LogP contribution in [0.4, 0.5) is 0 Å². The maximum absolute atomic E-state index is 12.8. The third kappa shape index (κ3) is 4.16. The van der Waals surface area contributed by atoms with E-state index in [1.54, 1.807) is 24.3 Å². The number of hydrogen-bond donors (Lipinski definition) is 2. The number of nitrogens with one attached hydrogen (secondary N) is 2. The predicted octanol–water partition coefficient (Wildman–Crippen LogP) is 4.42. The monoisotopic (exact) mass is 368 g/mol. The summed E-state index contributed by atoms with van der Waals surface area (Å²) in [6, 6.07) is 16.9. The zero-order chi connectivity index (χ0) is 17.8. The second-order valence-electron chi connectivity index (χ2n) is 5.73. The van der Waals surface area contributed by atoms with E-state index in [1.807, 2.05) is 49.4 Å². The number of allylic oxidation sites excluding steroid dienone is 2. The van der Waals surface area contributed by atoms with Crippen molar-refractivity contribution >= 4 is 40.8 Å². The van der Waals surface area contributed by atoms with Crippen LogP contribution in [0.15, 0.2) is 71.9 Å². The molecule has 2 N–H and O–H groups in total. The first-order valence-corrected chi connectivity index (χ1v) is 8.64. The molecule has 1 atom stereocenters. The average molecular weight is 369 g/mol. The summed E-state index contributed by atoms with van der Waals surface area (Å²) in [6.07, 6.45) is 3.36. The molecule has 0 aliphatic carbocycles. The van der Waals surface area contributed by atoms with Gasteiger partial charge >= 0.3 is 0 Å². The smallest absolute Gasteiger partial charge is 0.186 e. The third-order valence-corrected chi connectivity index (χ3v) is 4.44. The number of ketones is 1. The van der Waals surface area contributed by atoms with Gasteiger partial charge < -0.3 is 10.6 Å². The van der Waals surface area contributed by atoms with Crippen molar-refractivity contribution in [3.05, 3.63) is 88.1 Å². The van der Waals surface area contributed by atoms with E-state index >= 15 is 0 Å². The van der Waals surface area contributed by atoms with Crippen molar-refractivity contribution in [3.63, 3.8) is 0 Å². The molecule has 0 spiro atoms. The lowest BCUT2D eigenvalue weighted by Crippen LogP contribution is -2.44. The first-order chi connectivity index (χ1) is 12.0. The summed E-state index contributed by atoms with van der Waals surface area (Å²) in [5.41, 5.74) is 3.34. The van der Waals surface area contributed by atoms with E-state index in [0.29, 0.717) is 15.7 Å². The van der Waals surface area contributed by atoms with Gasteiger partial charge in [-0.15, -0.1) is 0 Å². The molecule has 126 valence electrons. The Bertz CT molecular complexity index is 857. The van der Waals surface area contributed by atoms with Crippen molar-refractivity contribution in [2.75, 3.05) is 0 Å². The zero-order valence-electron chi connectivity index (χ0n) is 13.6. The van der Waals surface area contributed by atoms with E-state index in [9.17, 15) is 4.79 Å². The molecule has 25 heavy (non-hydrogen) atoms. The molecule has 0 amide bonds. The number of thiocarbonyl (C=S) groups is 1. The van der Waals surface area contributed by atoms with Gasteiger partial charge in [-0.05, 0) is 48.5 Å². The Kier molecular flexibility index (Phi) is 5.31. The molecule has 0 saturated carbocycles. The normalized spacial score (nSPS) is 17.4. The van der Waals surface area contributed by atoms with Crippen molar-refractivity contribution in [2.45, 2.75) is 13.0 Å². The topological polar surface area (TPSA) is 41.1 Å². The summed E-state index contributed by atoms with van der Waals surface area (Å²) in [5, 5.41) is 7.42. The summed E-state index contributed by atoms with van der Waals surface area (Å²) in [4.78, 5) is 12.8. The highest BCUT2D eigenvalue weighted by molar-refractivity contribution is 7.80. The molecule has 3 rings (SSSR count). The van der Waals surface area contributed by atoms with E-state index in [-0.39, 0.29) is 11.8 Å². The van der Waals surface area contributed by atoms with Crippen molar-refractivity contribution in [3.8, 4) is 0 Å². The summed E-state index contributed by atoms with van der Waals surface area (Å²) in [6.45, 7) is 1.87. The van der Waals surface area contributed by atoms with Gasteiger partial charge in [-0.3, -0.25) is 4.79 Å². The lowest BCUT2D eigenvalue weighted by atomic mass is 9.92. The largest absolute Gasteiger partial charge is 0.351 e. The molecule has 1 aliphatic rings. The Morgan fingerprint density at radius 1 is 1.12 bits per heavy atom. The molecule has 0 bridgehead atoms. The summed E-state index contributed by atoms with van der Waals surface area (Å²) in [7, 11) is 0. The van der Waals surface area contributed by atoms with Gasteiger partial charge in [-0.2, -0.15) is 0 Å². The summed E-state index contributed by atoms with van der Waals surface area (Å²) < 4.78 is 0. The van der Waals surface area contributed by atoms with Crippen LogP contribution in [0.3, 0.4) is 0 Å². The lowest BCUT2D eigenvalue weighted by Gasteiger charge is -2.29. The van der Waals surface area contributed by atoms with E-state index < -0.39 is 0 Å². The van der Waals surface area contributed by atoms with Crippen molar-refractivity contribution < 1.29 is 4.79 Å². The molecule has 2 aromatic rings. The van der Waals surface area contributed by atoms with Gasteiger partial charge in [-0.1, -0.05) is 60.1 Å². The third-order valence-electron chi connectivity index (χ3n) is 3.96. The SMILES string of the molecule is CC1=C(C(=O)/C=C/c2ccc(Cl)cc2)C(c2ccccc2)NC(=S)N1. The van der Waals surface area contributed by atoms with Crippen LogP contribution in [-0.2, 0) is 4.79 Å². The molecule has 0 saturated heterocycles. The number of halogens is 1. The molecular weight excluding hydrogens is 352 g/mol. The molecule has 3 nitrogen and oxygen atoms in total. The Morgan fingerprint density at radius 2 is 1.80 bits per heavy atom. The minimum absolute atomic E-state index is 0.0659. The summed E-state index contributed by atoms with van der Waals surface area (Å²) >= 11 is 11.1. The van der Waals surface area contributed by atoms with E-state index in [1.165, 1.54) is 0 Å². The standard InChI is InChI=1S/C20H17ClN2OS/c1-13-18(17(24)12-9-14-7-10-16(21)11-8-14)19(23-20(25)22-13)15-5-3-2-4-6-15/h2-12,19H,1H3,(H2,22,23,25)/b12-9+. The average Bonchev–Trinajstić information content (AvgIpc) is 2.61. The van der Waals surface area contributed by atoms with E-state index in [4.69, 9.17) is 23.8 Å². The molecule has 1 unspecified atom stereocenters. The van der Waals surface area contributed by atoms with Gasteiger partial charge in [0.1, 0.15) is 0 Å². The van der Waals surface area contributed by atoms with Crippen LogP contribution in [0.1, 0.15) is 24.1 Å². The first kappa shape index (κ1) is 17.4.